The highest BCUT2D eigenvalue weighted by molar-refractivity contribution is 5.98. The van der Waals surface area contributed by atoms with Gasteiger partial charge in [-0.1, -0.05) is 0 Å². The van der Waals surface area contributed by atoms with Crippen LogP contribution in [0, 0.1) is 27.7 Å². The van der Waals surface area contributed by atoms with Gasteiger partial charge in [-0.25, -0.2) is 9.97 Å². The molecule has 0 aromatic carbocycles. The fourth-order valence-electron chi connectivity index (χ4n) is 2.88. The third kappa shape index (κ3) is 4.80. The van der Waals surface area contributed by atoms with E-state index in [-0.39, 0.29) is 11.4 Å². The molecule has 0 radical (unpaired) electrons. The molecule has 2 amide bonds. The second-order valence-electron chi connectivity index (χ2n) is 7.55. The number of halogens is 8. The van der Waals surface area contributed by atoms with E-state index < -0.39 is 47.1 Å². The van der Waals surface area contributed by atoms with E-state index in [4.69, 9.17) is 0 Å². The first-order chi connectivity index (χ1) is 15.3. The maximum absolute atomic E-state index is 14.2. The minimum absolute atomic E-state index is 0.152. The van der Waals surface area contributed by atoms with Gasteiger partial charge in [0.05, 0.1) is 0 Å². The normalized spacial score (nSPS) is 12.9. The van der Waals surface area contributed by atoms with Gasteiger partial charge in [0, 0.05) is 11.4 Å². The van der Waals surface area contributed by atoms with Gasteiger partial charge in [0.15, 0.2) is 0 Å². The fourth-order valence-corrected chi connectivity index (χ4v) is 2.88. The molecule has 2 heterocycles. The first kappa shape index (κ1) is 26.9. The molecule has 0 unspecified atom stereocenters. The van der Waals surface area contributed by atoms with Gasteiger partial charge in [-0.3, -0.25) is 9.59 Å². The lowest BCUT2D eigenvalue weighted by atomic mass is 9.97. The van der Waals surface area contributed by atoms with E-state index in [1.807, 2.05) is 0 Å². The number of hydrogen-bond donors (Lipinski definition) is 2. The standard InChI is InChI=1S/C20H18F8N4O2/c1-9-5-11(3)29-13(7-9)31-15(33)17(21,22)19(25,26)20(27,28)18(23,24)16(34)32-14-8-10(2)6-12(4)30-14/h5-8H,1-4H3,(H,29,31,33)(H,30,32,34). The lowest BCUT2D eigenvalue weighted by Crippen LogP contribution is -2.67. The van der Waals surface area contributed by atoms with Crippen LogP contribution < -0.4 is 10.6 Å². The van der Waals surface area contributed by atoms with Crippen molar-refractivity contribution < 1.29 is 44.7 Å². The van der Waals surface area contributed by atoms with Crippen LogP contribution >= 0.6 is 0 Å². The molecule has 186 valence electrons. The van der Waals surface area contributed by atoms with Crippen LogP contribution in [0.25, 0.3) is 0 Å². The highest BCUT2D eigenvalue weighted by Gasteiger charge is 2.84. The van der Waals surface area contributed by atoms with Crippen LogP contribution in [-0.4, -0.2) is 45.5 Å². The SMILES string of the molecule is Cc1cc(C)nc(NC(=O)C(F)(F)C(F)(F)C(F)(F)C(F)(F)C(=O)Nc2cc(C)cc(C)n2)c1. The number of carbonyl (C=O) groups excluding carboxylic acids is 2. The molecule has 2 N–H and O–H groups in total. The summed E-state index contributed by atoms with van der Waals surface area (Å²) in [5.41, 5.74) is 0.982. The van der Waals surface area contributed by atoms with Crippen molar-refractivity contribution in [1.82, 2.24) is 9.97 Å². The summed E-state index contributed by atoms with van der Waals surface area (Å²) >= 11 is 0. The van der Waals surface area contributed by atoms with Crippen molar-refractivity contribution in [3.63, 3.8) is 0 Å². The van der Waals surface area contributed by atoms with Crippen molar-refractivity contribution in [3.05, 3.63) is 46.8 Å². The van der Waals surface area contributed by atoms with Gasteiger partial charge in [-0.05, 0) is 63.1 Å². The second-order valence-corrected chi connectivity index (χ2v) is 7.55. The van der Waals surface area contributed by atoms with E-state index in [1.165, 1.54) is 50.5 Å². The highest BCUT2D eigenvalue weighted by atomic mass is 19.4. The van der Waals surface area contributed by atoms with Crippen molar-refractivity contribution >= 4 is 23.5 Å². The average Bonchev–Trinajstić information content (AvgIpc) is 2.65. The zero-order chi connectivity index (χ0) is 26.3. The maximum atomic E-state index is 14.2. The third-order valence-electron chi connectivity index (χ3n) is 4.43. The molecule has 34 heavy (non-hydrogen) atoms. The second kappa shape index (κ2) is 8.80. The lowest BCUT2D eigenvalue weighted by Gasteiger charge is -2.35. The molecule has 6 nitrogen and oxygen atoms in total. The summed E-state index contributed by atoms with van der Waals surface area (Å²) in [4.78, 5) is 30.6. The Hall–Kier alpha value is -3.32. The van der Waals surface area contributed by atoms with Crippen molar-refractivity contribution in [2.45, 2.75) is 51.4 Å². The van der Waals surface area contributed by atoms with Crippen LogP contribution in [0.4, 0.5) is 46.8 Å². The summed E-state index contributed by atoms with van der Waals surface area (Å²) in [6.45, 7) is 5.56. The number of nitrogens with one attached hydrogen (secondary N) is 2. The van der Waals surface area contributed by atoms with E-state index in [1.54, 1.807) is 0 Å². The molecule has 2 rings (SSSR count). The Morgan fingerprint density at radius 1 is 0.618 bits per heavy atom. The van der Waals surface area contributed by atoms with Gasteiger partial charge in [-0.2, -0.15) is 35.1 Å². The number of carbonyl (C=O) groups is 2. The Kier molecular flexibility index (Phi) is 6.97. The quantitative estimate of drug-likeness (QED) is 0.536. The number of aromatic nitrogens is 2. The smallest absolute Gasteiger partial charge is 0.305 e. The molecular weight excluding hydrogens is 480 g/mol. The Morgan fingerprint density at radius 3 is 1.18 bits per heavy atom. The third-order valence-corrected chi connectivity index (χ3v) is 4.43. The Morgan fingerprint density at radius 2 is 0.912 bits per heavy atom. The highest BCUT2D eigenvalue weighted by Crippen LogP contribution is 2.53. The van der Waals surface area contributed by atoms with Crippen LogP contribution in [0.5, 0.6) is 0 Å². The zero-order valence-electron chi connectivity index (χ0n) is 18.0. The molecule has 2 aromatic heterocycles. The molecule has 0 aliphatic carbocycles. The summed E-state index contributed by atoms with van der Waals surface area (Å²) in [6, 6.07) is 4.74. The first-order valence-corrected chi connectivity index (χ1v) is 9.37. The number of alkyl halides is 8. The van der Waals surface area contributed by atoms with Crippen LogP contribution in [0.3, 0.4) is 0 Å². The molecule has 14 heteroatoms. The van der Waals surface area contributed by atoms with Crippen molar-refractivity contribution in [3.8, 4) is 0 Å². The van der Waals surface area contributed by atoms with Gasteiger partial charge in [0.2, 0.25) is 0 Å². The van der Waals surface area contributed by atoms with E-state index in [9.17, 15) is 44.7 Å². The number of hydrogen-bond acceptors (Lipinski definition) is 4. The topological polar surface area (TPSA) is 84.0 Å². The lowest BCUT2D eigenvalue weighted by molar-refractivity contribution is -0.345. The summed E-state index contributed by atoms with van der Waals surface area (Å²) in [7, 11) is 0. The summed E-state index contributed by atoms with van der Waals surface area (Å²) in [6.07, 6.45) is 0. The molecule has 0 atom stereocenters. The van der Waals surface area contributed by atoms with E-state index in [0.29, 0.717) is 11.1 Å². The van der Waals surface area contributed by atoms with Gasteiger partial charge in [-0.15, -0.1) is 0 Å². The summed E-state index contributed by atoms with van der Waals surface area (Å²) in [5, 5.41) is 2.41. The minimum atomic E-state index is -7.00. The summed E-state index contributed by atoms with van der Waals surface area (Å²) in [5.74, 6) is -34.2. The molecule has 0 saturated heterocycles. The molecule has 0 bridgehead atoms. The fraction of sp³-hybridized carbons (Fsp3) is 0.400. The zero-order valence-corrected chi connectivity index (χ0v) is 18.0. The number of pyridine rings is 2. The number of amides is 2. The van der Waals surface area contributed by atoms with Crippen LogP contribution in [0.2, 0.25) is 0 Å². The van der Waals surface area contributed by atoms with Gasteiger partial charge in [0.1, 0.15) is 11.6 Å². The molecule has 0 fully saturated rings. The van der Waals surface area contributed by atoms with Crippen molar-refractivity contribution in [2.75, 3.05) is 10.6 Å². The minimum Gasteiger partial charge on any atom is -0.305 e. The Labute approximate surface area is 187 Å². The van der Waals surface area contributed by atoms with E-state index in [2.05, 4.69) is 9.97 Å². The van der Waals surface area contributed by atoms with Gasteiger partial charge >= 0.3 is 35.5 Å². The van der Waals surface area contributed by atoms with Crippen LogP contribution in [-0.2, 0) is 9.59 Å². The number of rotatable bonds is 7. The summed E-state index contributed by atoms with van der Waals surface area (Å²) < 4.78 is 113. The Balaban J connectivity index is 2.36. The van der Waals surface area contributed by atoms with Crippen molar-refractivity contribution in [2.24, 2.45) is 0 Å². The molecule has 2 aromatic rings. The number of anilines is 2. The number of nitrogens with zero attached hydrogens (tertiary/aromatic N) is 2. The van der Waals surface area contributed by atoms with Crippen LogP contribution in [0.1, 0.15) is 22.5 Å². The molecular formula is C20H18F8N4O2. The van der Waals surface area contributed by atoms with E-state index in [0.717, 1.165) is 12.1 Å². The predicted octanol–water partition coefficient (Wildman–Crippen LogP) is 4.83. The number of aryl methyl sites for hydroxylation is 4. The first-order valence-electron chi connectivity index (χ1n) is 9.37. The molecule has 0 aliphatic rings. The monoisotopic (exact) mass is 498 g/mol. The van der Waals surface area contributed by atoms with Crippen LogP contribution in [0.15, 0.2) is 24.3 Å². The molecule has 0 saturated carbocycles. The predicted molar refractivity (Wildman–Crippen MR) is 104 cm³/mol. The largest absolute Gasteiger partial charge is 0.393 e. The van der Waals surface area contributed by atoms with E-state index >= 15 is 0 Å². The van der Waals surface area contributed by atoms with Gasteiger partial charge in [0.25, 0.3) is 0 Å². The molecule has 0 spiro atoms. The van der Waals surface area contributed by atoms with Gasteiger partial charge < -0.3 is 10.6 Å². The average molecular weight is 498 g/mol. The molecule has 0 aliphatic heterocycles. The maximum Gasteiger partial charge on any atom is 0.393 e. The Bertz CT molecular complexity index is 994. The van der Waals surface area contributed by atoms with Crippen molar-refractivity contribution in [1.29, 1.82) is 0 Å².